The van der Waals surface area contributed by atoms with E-state index in [4.69, 9.17) is 4.74 Å². The third-order valence-corrected chi connectivity index (χ3v) is 2.77. The summed E-state index contributed by atoms with van der Waals surface area (Å²) in [5.74, 6) is 0.586. The molecule has 0 aliphatic carbocycles. The van der Waals surface area contributed by atoms with Gasteiger partial charge in [0, 0.05) is 12.6 Å². The maximum absolute atomic E-state index is 11.7. The van der Waals surface area contributed by atoms with Crippen molar-refractivity contribution in [1.82, 2.24) is 4.90 Å². The normalized spacial score (nSPS) is 27.9. The van der Waals surface area contributed by atoms with Crippen LogP contribution in [0.5, 0.6) is 0 Å². The molecular formula is C11H21NO2. The van der Waals surface area contributed by atoms with Crippen LogP contribution < -0.4 is 0 Å². The number of carbonyl (C=O) groups is 1. The van der Waals surface area contributed by atoms with Crippen molar-refractivity contribution in [3.05, 3.63) is 0 Å². The number of amides is 1. The monoisotopic (exact) mass is 199 g/mol. The Labute approximate surface area is 86.4 Å². The second-order valence-corrected chi connectivity index (χ2v) is 5.18. The van der Waals surface area contributed by atoms with Gasteiger partial charge in [-0.05, 0) is 40.0 Å². The fourth-order valence-electron chi connectivity index (χ4n) is 1.67. The molecule has 1 saturated heterocycles. The fourth-order valence-corrected chi connectivity index (χ4v) is 1.67. The highest BCUT2D eigenvalue weighted by molar-refractivity contribution is 5.68. The van der Waals surface area contributed by atoms with Crippen molar-refractivity contribution < 1.29 is 9.53 Å². The molecule has 1 aliphatic rings. The lowest BCUT2D eigenvalue weighted by Crippen LogP contribution is -2.39. The molecule has 0 bridgehead atoms. The summed E-state index contributed by atoms with van der Waals surface area (Å²) in [6.45, 7) is 10.8. The largest absolute Gasteiger partial charge is 0.444 e. The van der Waals surface area contributed by atoms with Crippen LogP contribution in [0.3, 0.4) is 0 Å². The van der Waals surface area contributed by atoms with E-state index in [2.05, 4.69) is 13.8 Å². The smallest absolute Gasteiger partial charge is 0.410 e. The molecule has 82 valence electrons. The highest BCUT2D eigenvalue weighted by atomic mass is 16.6. The molecule has 0 aromatic heterocycles. The van der Waals surface area contributed by atoms with E-state index < -0.39 is 0 Å². The van der Waals surface area contributed by atoms with Gasteiger partial charge in [-0.2, -0.15) is 0 Å². The van der Waals surface area contributed by atoms with Crippen molar-refractivity contribution in [1.29, 1.82) is 0 Å². The zero-order chi connectivity index (χ0) is 10.9. The molecule has 1 fully saturated rings. The molecule has 0 unspecified atom stereocenters. The number of nitrogens with zero attached hydrogens (tertiary/aromatic N) is 1. The van der Waals surface area contributed by atoms with Crippen LogP contribution in [-0.2, 0) is 4.74 Å². The first-order valence-electron chi connectivity index (χ1n) is 5.31. The van der Waals surface area contributed by atoms with Gasteiger partial charge in [0.1, 0.15) is 5.60 Å². The van der Waals surface area contributed by atoms with E-state index in [1.165, 1.54) is 0 Å². The van der Waals surface area contributed by atoms with Gasteiger partial charge in [0.05, 0.1) is 0 Å². The molecule has 0 aromatic carbocycles. The van der Waals surface area contributed by atoms with Crippen molar-refractivity contribution in [2.24, 2.45) is 5.92 Å². The van der Waals surface area contributed by atoms with Crippen molar-refractivity contribution in [2.75, 3.05) is 6.54 Å². The quantitative estimate of drug-likeness (QED) is 0.600. The molecule has 0 aromatic rings. The Balaban J connectivity index is 2.54. The lowest BCUT2D eigenvalue weighted by atomic mass is 10.1. The Bertz CT molecular complexity index is 220. The summed E-state index contributed by atoms with van der Waals surface area (Å²) in [5.41, 5.74) is -0.386. The molecule has 3 heteroatoms. The SMILES string of the molecule is C[C@@H]1[C@@H](C)CCN1C(=O)OC(C)(C)C. The van der Waals surface area contributed by atoms with Crippen LogP contribution >= 0.6 is 0 Å². The van der Waals surface area contributed by atoms with Crippen molar-refractivity contribution in [2.45, 2.75) is 52.7 Å². The van der Waals surface area contributed by atoms with Gasteiger partial charge in [-0.25, -0.2) is 4.79 Å². The zero-order valence-electron chi connectivity index (χ0n) is 9.83. The third kappa shape index (κ3) is 2.63. The summed E-state index contributed by atoms with van der Waals surface area (Å²) >= 11 is 0. The van der Waals surface area contributed by atoms with Crippen molar-refractivity contribution >= 4 is 6.09 Å². The van der Waals surface area contributed by atoms with Crippen LogP contribution in [-0.4, -0.2) is 29.2 Å². The summed E-state index contributed by atoms with van der Waals surface area (Å²) in [4.78, 5) is 13.5. The van der Waals surface area contributed by atoms with Gasteiger partial charge in [-0.3, -0.25) is 0 Å². The Hall–Kier alpha value is -0.730. The standard InChI is InChI=1S/C11H21NO2/c1-8-6-7-12(9(8)2)10(13)14-11(3,4)5/h8-9H,6-7H2,1-5H3/t8-,9+/m0/s1. The first kappa shape index (κ1) is 11.3. The Morgan fingerprint density at radius 2 is 1.93 bits per heavy atom. The summed E-state index contributed by atoms with van der Waals surface area (Å²) in [5, 5.41) is 0. The molecular weight excluding hydrogens is 178 g/mol. The molecule has 3 nitrogen and oxygen atoms in total. The topological polar surface area (TPSA) is 29.5 Å². The summed E-state index contributed by atoms with van der Waals surface area (Å²) < 4.78 is 5.33. The number of carbonyl (C=O) groups excluding carboxylic acids is 1. The Kier molecular flexibility index (Phi) is 3.07. The minimum Gasteiger partial charge on any atom is -0.444 e. The van der Waals surface area contributed by atoms with Gasteiger partial charge in [-0.15, -0.1) is 0 Å². The minimum absolute atomic E-state index is 0.172. The van der Waals surface area contributed by atoms with E-state index in [0.29, 0.717) is 12.0 Å². The number of likely N-dealkylation sites (tertiary alicyclic amines) is 1. The molecule has 1 aliphatic heterocycles. The molecule has 0 N–H and O–H groups in total. The summed E-state index contributed by atoms with van der Waals surface area (Å²) in [6.07, 6.45) is 0.912. The average molecular weight is 199 g/mol. The Morgan fingerprint density at radius 1 is 1.36 bits per heavy atom. The predicted octanol–water partition coefficient (Wildman–Crippen LogP) is 2.65. The van der Waals surface area contributed by atoms with Crippen LogP contribution in [0.2, 0.25) is 0 Å². The molecule has 1 rings (SSSR count). The minimum atomic E-state index is -0.386. The molecule has 14 heavy (non-hydrogen) atoms. The highest BCUT2D eigenvalue weighted by Crippen LogP contribution is 2.25. The van der Waals surface area contributed by atoms with Crippen LogP contribution in [0.25, 0.3) is 0 Å². The van der Waals surface area contributed by atoms with Crippen LogP contribution in [0.1, 0.15) is 41.0 Å². The first-order valence-corrected chi connectivity index (χ1v) is 5.31. The van der Waals surface area contributed by atoms with E-state index >= 15 is 0 Å². The van der Waals surface area contributed by atoms with Gasteiger partial charge in [-0.1, -0.05) is 6.92 Å². The van der Waals surface area contributed by atoms with E-state index in [9.17, 15) is 4.79 Å². The molecule has 0 spiro atoms. The number of rotatable bonds is 0. The second kappa shape index (κ2) is 3.79. The van der Waals surface area contributed by atoms with E-state index in [1.807, 2.05) is 25.7 Å². The number of hydrogen-bond acceptors (Lipinski definition) is 2. The average Bonchev–Trinajstić information content (AvgIpc) is 2.29. The van der Waals surface area contributed by atoms with E-state index in [1.54, 1.807) is 0 Å². The summed E-state index contributed by atoms with van der Waals surface area (Å²) in [7, 11) is 0. The zero-order valence-corrected chi connectivity index (χ0v) is 9.83. The number of hydrogen-bond donors (Lipinski definition) is 0. The van der Waals surface area contributed by atoms with Crippen molar-refractivity contribution in [3.8, 4) is 0 Å². The third-order valence-electron chi connectivity index (χ3n) is 2.77. The second-order valence-electron chi connectivity index (χ2n) is 5.18. The highest BCUT2D eigenvalue weighted by Gasteiger charge is 2.33. The number of ether oxygens (including phenoxy) is 1. The van der Waals surface area contributed by atoms with Gasteiger partial charge in [0.25, 0.3) is 0 Å². The first-order chi connectivity index (χ1) is 6.31. The molecule has 0 saturated carbocycles. The molecule has 2 atom stereocenters. The predicted molar refractivity (Wildman–Crippen MR) is 56.2 cm³/mol. The maximum atomic E-state index is 11.7. The van der Waals surface area contributed by atoms with Gasteiger partial charge in [0.15, 0.2) is 0 Å². The lowest BCUT2D eigenvalue weighted by molar-refractivity contribution is 0.0225. The van der Waals surface area contributed by atoms with Crippen LogP contribution in [0.15, 0.2) is 0 Å². The summed E-state index contributed by atoms with van der Waals surface area (Å²) in [6, 6.07) is 0.310. The van der Waals surface area contributed by atoms with Gasteiger partial charge in [0.2, 0.25) is 0 Å². The van der Waals surface area contributed by atoms with Gasteiger partial charge >= 0.3 is 6.09 Å². The lowest BCUT2D eigenvalue weighted by Gasteiger charge is -2.27. The van der Waals surface area contributed by atoms with E-state index in [0.717, 1.165) is 13.0 Å². The fraction of sp³-hybridized carbons (Fsp3) is 0.909. The van der Waals surface area contributed by atoms with Crippen molar-refractivity contribution in [3.63, 3.8) is 0 Å². The maximum Gasteiger partial charge on any atom is 0.410 e. The van der Waals surface area contributed by atoms with Crippen LogP contribution in [0.4, 0.5) is 4.79 Å². The molecule has 1 amide bonds. The Morgan fingerprint density at radius 3 is 2.29 bits per heavy atom. The van der Waals surface area contributed by atoms with E-state index in [-0.39, 0.29) is 11.7 Å². The van der Waals surface area contributed by atoms with Gasteiger partial charge < -0.3 is 9.64 Å². The molecule has 1 heterocycles. The molecule has 0 radical (unpaired) electrons. The van der Waals surface area contributed by atoms with Crippen LogP contribution in [0, 0.1) is 5.92 Å².